The van der Waals surface area contributed by atoms with Gasteiger partial charge in [0.1, 0.15) is 0 Å². The van der Waals surface area contributed by atoms with Crippen molar-refractivity contribution in [1.29, 1.82) is 0 Å². The lowest BCUT2D eigenvalue weighted by molar-refractivity contribution is -0.0382. The Labute approximate surface area is 189 Å². The first-order chi connectivity index (χ1) is 14.9. The first-order valence-corrected chi connectivity index (χ1v) is 13.9. The zero-order valence-corrected chi connectivity index (χ0v) is 19.9. The third-order valence-corrected chi connectivity index (χ3v) is 10.7. The lowest BCUT2D eigenvalue weighted by Crippen LogP contribution is -2.47. The standard InChI is InChI=1S/C23H31N3O3S2/c1-3-26(4-2)31(27,28)20-7-5-6-19(11-20)21-24-25-22(29-21)30-15-23-12-16-8-17(13-23)10-18(9-16)14-23/h5-7,11,16-18H,3-4,8-10,12-15H2,1-2H3. The summed E-state index contributed by atoms with van der Waals surface area (Å²) in [6, 6.07) is 6.81. The molecule has 4 aliphatic carbocycles. The second-order valence-corrected chi connectivity index (χ2v) is 12.6. The van der Waals surface area contributed by atoms with Gasteiger partial charge in [0, 0.05) is 24.4 Å². The highest BCUT2D eigenvalue weighted by molar-refractivity contribution is 7.99. The van der Waals surface area contributed by atoms with Crippen LogP contribution < -0.4 is 0 Å². The van der Waals surface area contributed by atoms with E-state index in [9.17, 15) is 8.42 Å². The summed E-state index contributed by atoms with van der Waals surface area (Å²) in [5.41, 5.74) is 1.09. The van der Waals surface area contributed by atoms with Crippen molar-refractivity contribution >= 4 is 21.8 Å². The summed E-state index contributed by atoms with van der Waals surface area (Å²) >= 11 is 1.68. The summed E-state index contributed by atoms with van der Waals surface area (Å²) < 4.78 is 33.1. The molecule has 0 N–H and O–H groups in total. The number of hydrogen-bond donors (Lipinski definition) is 0. The minimum absolute atomic E-state index is 0.259. The number of sulfonamides is 1. The van der Waals surface area contributed by atoms with Crippen LogP contribution in [0.25, 0.3) is 11.5 Å². The van der Waals surface area contributed by atoms with Crippen LogP contribution in [0.15, 0.2) is 38.8 Å². The summed E-state index contributed by atoms with van der Waals surface area (Å²) in [7, 11) is -3.52. The third kappa shape index (κ3) is 4.07. The molecule has 2 aromatic rings. The van der Waals surface area contributed by atoms with Gasteiger partial charge in [0.15, 0.2) is 0 Å². The highest BCUT2D eigenvalue weighted by Crippen LogP contribution is 2.61. The summed E-state index contributed by atoms with van der Waals surface area (Å²) in [6.45, 7) is 4.57. The van der Waals surface area contributed by atoms with Gasteiger partial charge in [-0.2, -0.15) is 4.31 Å². The molecule has 31 heavy (non-hydrogen) atoms. The highest BCUT2D eigenvalue weighted by Gasteiger charge is 2.50. The first-order valence-electron chi connectivity index (χ1n) is 11.5. The van der Waals surface area contributed by atoms with Crippen molar-refractivity contribution < 1.29 is 12.8 Å². The van der Waals surface area contributed by atoms with E-state index in [0.29, 0.717) is 35.2 Å². The number of benzene rings is 1. The normalized spacial score (nSPS) is 29.7. The molecular formula is C23H31N3O3S2. The maximum Gasteiger partial charge on any atom is 0.276 e. The second kappa shape index (κ2) is 8.19. The molecule has 4 bridgehead atoms. The minimum atomic E-state index is -3.52. The maximum absolute atomic E-state index is 12.8. The van der Waals surface area contributed by atoms with Crippen LogP contribution in [0.1, 0.15) is 52.4 Å². The highest BCUT2D eigenvalue weighted by atomic mass is 32.2. The van der Waals surface area contributed by atoms with Gasteiger partial charge >= 0.3 is 0 Å². The lowest BCUT2D eigenvalue weighted by Gasteiger charge is -2.56. The molecule has 0 atom stereocenters. The van der Waals surface area contributed by atoms with E-state index in [2.05, 4.69) is 10.2 Å². The van der Waals surface area contributed by atoms with Crippen LogP contribution in [0.2, 0.25) is 0 Å². The van der Waals surface area contributed by atoms with Crippen molar-refractivity contribution in [3.05, 3.63) is 24.3 Å². The van der Waals surface area contributed by atoms with Crippen molar-refractivity contribution in [2.75, 3.05) is 18.8 Å². The van der Waals surface area contributed by atoms with Gasteiger partial charge in [-0.1, -0.05) is 31.7 Å². The molecule has 1 heterocycles. The predicted molar refractivity (Wildman–Crippen MR) is 121 cm³/mol. The zero-order valence-electron chi connectivity index (χ0n) is 18.3. The van der Waals surface area contributed by atoms with Crippen LogP contribution >= 0.6 is 11.8 Å². The Kier molecular flexibility index (Phi) is 5.67. The molecule has 0 amide bonds. The van der Waals surface area contributed by atoms with E-state index >= 15 is 0 Å². The Morgan fingerprint density at radius 1 is 1.06 bits per heavy atom. The topological polar surface area (TPSA) is 76.3 Å². The molecule has 0 saturated heterocycles. The fourth-order valence-electron chi connectivity index (χ4n) is 6.57. The average Bonchev–Trinajstić information content (AvgIpc) is 3.21. The molecule has 0 radical (unpaired) electrons. The van der Waals surface area contributed by atoms with Crippen LogP contribution in [0.4, 0.5) is 0 Å². The van der Waals surface area contributed by atoms with Gasteiger partial charge in [-0.15, -0.1) is 10.2 Å². The smallest absolute Gasteiger partial charge is 0.276 e. The van der Waals surface area contributed by atoms with E-state index < -0.39 is 10.0 Å². The van der Waals surface area contributed by atoms with Crippen LogP contribution in [0.3, 0.4) is 0 Å². The Hall–Kier alpha value is -1.38. The number of thioether (sulfide) groups is 1. The Morgan fingerprint density at radius 2 is 1.71 bits per heavy atom. The number of aromatic nitrogens is 2. The van der Waals surface area contributed by atoms with Crippen LogP contribution in [0.5, 0.6) is 0 Å². The summed E-state index contributed by atoms with van der Waals surface area (Å²) in [6.07, 6.45) is 8.42. The van der Waals surface area contributed by atoms with Crippen LogP contribution in [-0.4, -0.2) is 41.8 Å². The molecule has 6 rings (SSSR count). The Morgan fingerprint density at radius 3 is 2.32 bits per heavy atom. The zero-order chi connectivity index (χ0) is 21.6. The molecule has 168 valence electrons. The quantitative estimate of drug-likeness (QED) is 0.511. The van der Waals surface area contributed by atoms with Gasteiger partial charge in [0.2, 0.25) is 15.9 Å². The fourth-order valence-corrected chi connectivity index (χ4v) is 9.09. The molecule has 0 unspecified atom stereocenters. The van der Waals surface area contributed by atoms with E-state index in [4.69, 9.17) is 4.42 Å². The summed E-state index contributed by atoms with van der Waals surface area (Å²) in [5.74, 6) is 4.22. The van der Waals surface area contributed by atoms with E-state index in [1.807, 2.05) is 19.9 Å². The number of hydrogen-bond acceptors (Lipinski definition) is 6. The van der Waals surface area contributed by atoms with Gasteiger partial charge in [-0.25, -0.2) is 8.42 Å². The van der Waals surface area contributed by atoms with E-state index in [1.54, 1.807) is 30.0 Å². The monoisotopic (exact) mass is 461 g/mol. The van der Waals surface area contributed by atoms with Crippen molar-refractivity contribution in [2.24, 2.45) is 23.2 Å². The van der Waals surface area contributed by atoms with Crippen LogP contribution in [0, 0.1) is 23.2 Å². The predicted octanol–water partition coefficient (Wildman–Crippen LogP) is 5.08. The molecule has 8 heteroatoms. The third-order valence-electron chi connectivity index (χ3n) is 7.50. The van der Waals surface area contributed by atoms with Gasteiger partial charge in [-0.3, -0.25) is 0 Å². The van der Waals surface area contributed by atoms with Crippen molar-refractivity contribution in [3.63, 3.8) is 0 Å². The van der Waals surface area contributed by atoms with Gasteiger partial charge in [0.25, 0.3) is 5.22 Å². The lowest BCUT2D eigenvalue weighted by atomic mass is 9.50. The second-order valence-electron chi connectivity index (χ2n) is 9.70. The van der Waals surface area contributed by atoms with Crippen LogP contribution in [-0.2, 0) is 10.0 Å². The SMILES string of the molecule is CCN(CC)S(=O)(=O)c1cccc(-c2nnc(SCC34CC5CC(CC(C5)C3)C4)o2)c1. The molecule has 4 aliphatic rings. The number of nitrogens with zero attached hydrogens (tertiary/aromatic N) is 3. The molecule has 4 fully saturated rings. The molecular weight excluding hydrogens is 430 g/mol. The summed E-state index contributed by atoms with van der Waals surface area (Å²) in [5, 5.41) is 9.06. The van der Waals surface area contributed by atoms with E-state index in [0.717, 1.165) is 23.5 Å². The van der Waals surface area contributed by atoms with E-state index in [1.165, 1.54) is 42.8 Å². The molecule has 0 aliphatic heterocycles. The average molecular weight is 462 g/mol. The Balaban J connectivity index is 1.30. The molecule has 4 saturated carbocycles. The minimum Gasteiger partial charge on any atom is -0.411 e. The summed E-state index contributed by atoms with van der Waals surface area (Å²) in [4.78, 5) is 0.259. The number of rotatable bonds is 8. The molecule has 6 nitrogen and oxygen atoms in total. The molecule has 1 aromatic carbocycles. The Bertz CT molecular complexity index is 1010. The van der Waals surface area contributed by atoms with Crippen molar-refractivity contribution in [1.82, 2.24) is 14.5 Å². The van der Waals surface area contributed by atoms with Crippen molar-refractivity contribution in [2.45, 2.75) is 62.5 Å². The fraction of sp³-hybridized carbons (Fsp3) is 0.652. The molecule has 1 aromatic heterocycles. The van der Waals surface area contributed by atoms with E-state index in [-0.39, 0.29) is 4.90 Å². The maximum atomic E-state index is 12.8. The first kappa shape index (κ1) is 21.5. The van der Waals surface area contributed by atoms with Crippen molar-refractivity contribution in [3.8, 4) is 11.5 Å². The van der Waals surface area contributed by atoms with Gasteiger partial charge in [-0.05, 0) is 79.9 Å². The van der Waals surface area contributed by atoms with Gasteiger partial charge in [0.05, 0.1) is 4.90 Å². The largest absolute Gasteiger partial charge is 0.411 e. The van der Waals surface area contributed by atoms with Gasteiger partial charge < -0.3 is 4.42 Å². The molecule has 0 spiro atoms.